The molecule has 3 heteroatoms. The number of hydrogen-bond acceptors (Lipinski definition) is 0. The fourth-order valence-electron chi connectivity index (χ4n) is 6.77. The van der Waals surface area contributed by atoms with Gasteiger partial charge in [0, 0.05) is 55.7 Å². The van der Waals surface area contributed by atoms with Crippen LogP contribution in [0.1, 0.15) is 79.1 Å². The van der Waals surface area contributed by atoms with Crippen molar-refractivity contribution in [1.82, 2.24) is 9.13 Å². The van der Waals surface area contributed by atoms with Crippen molar-refractivity contribution in [3.05, 3.63) is 95.5 Å². The van der Waals surface area contributed by atoms with Crippen LogP contribution in [-0.2, 0) is 13.1 Å². The standard InChI is InChI=1S/C20H24BrN.C20H25N/c1-3-5-8-15(4-2)14-22-19-10-7-6-9-17(19)18-12-11-16(21)13-20(18)22;1-3-5-10-16(4-2)15-21-19-13-8-6-11-17(19)18-12-7-9-14-20(18)21/h6-7,9-13,15H,3-5,8,14H2,1-2H3;6-9,11-14,16H,3-5,10,15H2,1-2H3. The highest BCUT2D eigenvalue weighted by Crippen LogP contribution is 2.33. The molecule has 0 saturated carbocycles. The SMILES string of the molecule is CCCCC(CC)Cn1c2ccccc2c2ccc(Br)cc21.CCCCC(CC)Cn1c2ccccc2c2ccccc21. The quantitative estimate of drug-likeness (QED) is 0.126. The minimum Gasteiger partial charge on any atom is -0.340 e. The largest absolute Gasteiger partial charge is 0.340 e. The van der Waals surface area contributed by atoms with Crippen LogP contribution in [0.15, 0.2) is 95.5 Å². The zero-order valence-electron chi connectivity index (χ0n) is 26.7. The van der Waals surface area contributed by atoms with Crippen molar-refractivity contribution in [2.24, 2.45) is 11.8 Å². The van der Waals surface area contributed by atoms with E-state index in [2.05, 4.69) is 144 Å². The van der Waals surface area contributed by atoms with E-state index in [9.17, 15) is 0 Å². The number of unbranched alkanes of at least 4 members (excludes halogenated alkanes) is 2. The number of fused-ring (bicyclic) bond motifs is 6. The monoisotopic (exact) mass is 636 g/mol. The van der Waals surface area contributed by atoms with Gasteiger partial charge in [-0.2, -0.15) is 0 Å². The van der Waals surface area contributed by atoms with E-state index in [-0.39, 0.29) is 0 Å². The number of hydrogen-bond donors (Lipinski definition) is 0. The minimum atomic E-state index is 0.762. The zero-order valence-corrected chi connectivity index (χ0v) is 28.2. The Bertz CT molecular complexity index is 1700. The van der Waals surface area contributed by atoms with Crippen LogP contribution in [0.3, 0.4) is 0 Å². The van der Waals surface area contributed by atoms with Crippen molar-refractivity contribution in [2.45, 2.75) is 92.2 Å². The average Bonchev–Trinajstić information content (AvgIpc) is 3.53. The van der Waals surface area contributed by atoms with Gasteiger partial charge in [-0.05, 0) is 55.0 Å². The van der Waals surface area contributed by atoms with Gasteiger partial charge < -0.3 is 9.13 Å². The highest BCUT2D eigenvalue weighted by molar-refractivity contribution is 9.10. The number of aromatic nitrogens is 2. The molecule has 0 saturated heterocycles. The first-order valence-electron chi connectivity index (χ1n) is 16.7. The van der Waals surface area contributed by atoms with Crippen LogP contribution in [0.4, 0.5) is 0 Å². The average molecular weight is 638 g/mol. The molecule has 6 aromatic rings. The summed E-state index contributed by atoms with van der Waals surface area (Å²) in [5, 5.41) is 5.51. The molecule has 0 N–H and O–H groups in total. The summed E-state index contributed by atoms with van der Waals surface area (Å²) in [5.74, 6) is 1.54. The van der Waals surface area contributed by atoms with E-state index < -0.39 is 0 Å². The van der Waals surface area contributed by atoms with E-state index in [0.29, 0.717) is 0 Å². The second-order valence-electron chi connectivity index (χ2n) is 12.3. The third-order valence-electron chi connectivity index (χ3n) is 9.38. The van der Waals surface area contributed by atoms with Crippen molar-refractivity contribution in [1.29, 1.82) is 0 Å². The van der Waals surface area contributed by atoms with Crippen LogP contribution in [0.25, 0.3) is 43.6 Å². The predicted molar refractivity (Wildman–Crippen MR) is 193 cm³/mol. The van der Waals surface area contributed by atoms with Gasteiger partial charge in [0.1, 0.15) is 0 Å². The Morgan fingerprint density at radius 3 is 1.33 bits per heavy atom. The number of halogens is 1. The van der Waals surface area contributed by atoms with Crippen LogP contribution in [0.5, 0.6) is 0 Å². The molecule has 0 aliphatic rings. The number of rotatable bonds is 12. The molecule has 2 nitrogen and oxygen atoms in total. The van der Waals surface area contributed by atoms with Gasteiger partial charge in [-0.15, -0.1) is 0 Å². The van der Waals surface area contributed by atoms with E-state index in [1.165, 1.54) is 95.0 Å². The number of nitrogens with zero attached hydrogens (tertiary/aromatic N) is 2. The van der Waals surface area contributed by atoms with Crippen molar-refractivity contribution in [3.63, 3.8) is 0 Å². The van der Waals surface area contributed by atoms with Crippen LogP contribution in [-0.4, -0.2) is 9.13 Å². The summed E-state index contributed by atoms with van der Waals surface area (Å²) in [6, 6.07) is 33.1. The van der Waals surface area contributed by atoms with Crippen molar-refractivity contribution in [2.75, 3.05) is 0 Å². The Kier molecular flexibility index (Phi) is 11.0. The van der Waals surface area contributed by atoms with E-state index in [1.54, 1.807) is 0 Å². The molecule has 0 spiro atoms. The molecule has 4 aromatic carbocycles. The zero-order chi connectivity index (χ0) is 30.2. The summed E-state index contributed by atoms with van der Waals surface area (Å²) in [7, 11) is 0. The molecule has 2 aromatic heterocycles. The Morgan fingerprint density at radius 2 is 0.907 bits per heavy atom. The van der Waals surface area contributed by atoms with Crippen LogP contribution in [0, 0.1) is 11.8 Å². The van der Waals surface area contributed by atoms with Crippen LogP contribution in [0.2, 0.25) is 0 Å². The Balaban J connectivity index is 0.000000171. The molecule has 0 amide bonds. The molecule has 2 heterocycles. The third-order valence-corrected chi connectivity index (χ3v) is 9.88. The fraction of sp³-hybridized carbons (Fsp3) is 0.400. The van der Waals surface area contributed by atoms with E-state index in [1.807, 2.05) is 0 Å². The first-order chi connectivity index (χ1) is 21.1. The van der Waals surface area contributed by atoms with E-state index >= 15 is 0 Å². The van der Waals surface area contributed by atoms with Crippen LogP contribution >= 0.6 is 15.9 Å². The highest BCUT2D eigenvalue weighted by atomic mass is 79.9. The van der Waals surface area contributed by atoms with E-state index in [4.69, 9.17) is 0 Å². The van der Waals surface area contributed by atoms with Gasteiger partial charge in [-0.1, -0.05) is 143 Å². The molecule has 0 radical (unpaired) electrons. The Morgan fingerprint density at radius 1 is 0.512 bits per heavy atom. The molecule has 2 unspecified atom stereocenters. The highest BCUT2D eigenvalue weighted by Gasteiger charge is 2.15. The lowest BCUT2D eigenvalue weighted by Gasteiger charge is -2.17. The molecule has 0 aliphatic carbocycles. The van der Waals surface area contributed by atoms with Crippen molar-refractivity contribution >= 4 is 59.5 Å². The summed E-state index contributed by atoms with van der Waals surface area (Å²) < 4.78 is 6.22. The minimum absolute atomic E-state index is 0.762. The van der Waals surface area contributed by atoms with Gasteiger partial charge in [0.15, 0.2) is 0 Å². The van der Waals surface area contributed by atoms with Crippen LogP contribution < -0.4 is 0 Å². The normalized spacial score (nSPS) is 13.0. The van der Waals surface area contributed by atoms with Gasteiger partial charge in [0.25, 0.3) is 0 Å². The molecule has 0 fully saturated rings. The molecule has 226 valence electrons. The second kappa shape index (κ2) is 15.1. The molecule has 2 atom stereocenters. The van der Waals surface area contributed by atoms with E-state index in [0.717, 1.165) is 29.4 Å². The first kappa shape index (κ1) is 31.4. The fourth-order valence-corrected chi connectivity index (χ4v) is 7.12. The third kappa shape index (κ3) is 7.04. The Hall–Kier alpha value is -3.04. The topological polar surface area (TPSA) is 9.86 Å². The lowest BCUT2D eigenvalue weighted by atomic mass is 9.99. The summed E-state index contributed by atoms with van der Waals surface area (Å²) in [5.41, 5.74) is 5.48. The first-order valence-corrected chi connectivity index (χ1v) is 17.5. The van der Waals surface area contributed by atoms with Gasteiger partial charge in [-0.3, -0.25) is 0 Å². The molecule has 0 aliphatic heterocycles. The lowest BCUT2D eigenvalue weighted by Crippen LogP contribution is -2.10. The number of para-hydroxylation sites is 3. The lowest BCUT2D eigenvalue weighted by molar-refractivity contribution is 0.401. The maximum Gasteiger partial charge on any atom is 0.0502 e. The molecule has 43 heavy (non-hydrogen) atoms. The molecule has 6 rings (SSSR count). The van der Waals surface area contributed by atoms with Crippen molar-refractivity contribution < 1.29 is 0 Å². The smallest absolute Gasteiger partial charge is 0.0502 e. The van der Waals surface area contributed by atoms with Gasteiger partial charge >= 0.3 is 0 Å². The van der Waals surface area contributed by atoms with Gasteiger partial charge in [-0.25, -0.2) is 0 Å². The summed E-state index contributed by atoms with van der Waals surface area (Å²) >= 11 is 3.64. The molecular formula is C40H49BrN2. The summed E-state index contributed by atoms with van der Waals surface area (Å²) in [6.45, 7) is 11.5. The number of benzene rings is 4. The van der Waals surface area contributed by atoms with Crippen molar-refractivity contribution in [3.8, 4) is 0 Å². The summed E-state index contributed by atoms with van der Waals surface area (Å²) in [6.07, 6.45) is 10.4. The Labute approximate surface area is 267 Å². The maximum atomic E-state index is 3.64. The predicted octanol–water partition coefficient (Wildman–Crippen LogP) is 12.8. The molecule has 0 bridgehead atoms. The maximum absolute atomic E-state index is 3.64. The summed E-state index contributed by atoms with van der Waals surface area (Å²) in [4.78, 5) is 0. The van der Waals surface area contributed by atoms with Gasteiger partial charge in [0.05, 0.1) is 5.52 Å². The van der Waals surface area contributed by atoms with Gasteiger partial charge in [0.2, 0.25) is 0 Å². The second-order valence-corrected chi connectivity index (χ2v) is 13.2. The molecular weight excluding hydrogens is 588 g/mol.